The van der Waals surface area contributed by atoms with Crippen LogP contribution in [0.1, 0.15) is 78.6 Å². The molecule has 0 bridgehead atoms. The Balaban J connectivity index is 3.00. The van der Waals surface area contributed by atoms with E-state index in [-0.39, 0.29) is 43.9 Å². The summed E-state index contributed by atoms with van der Waals surface area (Å²) in [7, 11) is 2.88. The van der Waals surface area contributed by atoms with Crippen LogP contribution in [0.15, 0.2) is 18.2 Å². The van der Waals surface area contributed by atoms with Gasteiger partial charge in [0.2, 0.25) is 11.8 Å². The van der Waals surface area contributed by atoms with Crippen LogP contribution in [0.3, 0.4) is 0 Å². The Morgan fingerprint density at radius 2 is 1.24 bits per heavy atom. The van der Waals surface area contributed by atoms with Gasteiger partial charge in [-0.2, -0.15) is 0 Å². The predicted octanol–water partition coefficient (Wildman–Crippen LogP) is 1.71. The maximum Gasteiger partial charge on any atom is 0.408 e. The molecule has 4 atom stereocenters. The number of aliphatic hydroxyl groups excluding tert-OH is 2. The fourth-order valence-corrected chi connectivity index (χ4v) is 4.42. The number of rotatable bonds is 17. The van der Waals surface area contributed by atoms with E-state index in [0.717, 1.165) is 0 Å². The number of para-hydroxylation sites is 1. The van der Waals surface area contributed by atoms with Crippen LogP contribution in [0.2, 0.25) is 0 Å². The standard InChI is InChI=1S/C33H55N5O11/c1-20(39)24(36-30(44)48-32(3,4)5)28(42)35-17-13-19-38(29(43)25(21(2)40)37-31(45)49-33(6,7)8)18-12-16-34-27(41)22-14-11-15-23(46-9)26(22)47-10/h11,14-15,20-21,24-25,39-40H,12-13,16-19H2,1-10H3,(H,34,41)(H,35,42)(H,36,44)(H,37,45)/t20-,21-,24+,25+/m1/s1. The summed E-state index contributed by atoms with van der Waals surface area (Å²) in [5, 5.41) is 30.7. The van der Waals surface area contributed by atoms with Gasteiger partial charge in [-0.25, -0.2) is 9.59 Å². The van der Waals surface area contributed by atoms with Gasteiger partial charge in [0, 0.05) is 26.2 Å². The van der Waals surface area contributed by atoms with E-state index in [0.29, 0.717) is 12.2 Å². The molecule has 0 fully saturated rings. The van der Waals surface area contributed by atoms with Crippen molar-refractivity contribution in [1.82, 2.24) is 26.2 Å². The summed E-state index contributed by atoms with van der Waals surface area (Å²) in [6.07, 6.45) is -3.76. The van der Waals surface area contributed by atoms with Crippen molar-refractivity contribution in [3.05, 3.63) is 23.8 Å². The van der Waals surface area contributed by atoms with Gasteiger partial charge in [0.25, 0.3) is 5.91 Å². The molecule has 5 amide bonds. The fraction of sp³-hybridized carbons (Fsp3) is 0.667. The highest BCUT2D eigenvalue weighted by molar-refractivity contribution is 5.97. The highest BCUT2D eigenvalue weighted by Gasteiger charge is 2.32. The molecule has 0 spiro atoms. The van der Waals surface area contributed by atoms with E-state index in [1.807, 2.05) is 0 Å². The smallest absolute Gasteiger partial charge is 0.408 e. The Morgan fingerprint density at radius 3 is 1.69 bits per heavy atom. The molecule has 1 rings (SSSR count). The van der Waals surface area contributed by atoms with Crippen LogP contribution in [-0.2, 0) is 19.1 Å². The number of hydrogen-bond acceptors (Lipinski definition) is 11. The van der Waals surface area contributed by atoms with Gasteiger partial charge < -0.3 is 55.3 Å². The average Bonchev–Trinajstić information content (AvgIpc) is 2.98. The molecule has 0 radical (unpaired) electrons. The normalized spacial score (nSPS) is 13.9. The van der Waals surface area contributed by atoms with E-state index < -0.39 is 65.4 Å². The number of ether oxygens (including phenoxy) is 4. The molecular weight excluding hydrogens is 642 g/mol. The molecule has 0 heterocycles. The Labute approximate surface area is 288 Å². The van der Waals surface area contributed by atoms with Crippen molar-refractivity contribution in [2.45, 2.75) is 104 Å². The Morgan fingerprint density at radius 1 is 0.755 bits per heavy atom. The molecule has 1 aromatic rings. The molecule has 278 valence electrons. The highest BCUT2D eigenvalue weighted by Crippen LogP contribution is 2.30. The minimum absolute atomic E-state index is 0.0487. The molecule has 6 N–H and O–H groups in total. The molecule has 1 aromatic carbocycles. The second-order valence-corrected chi connectivity index (χ2v) is 13.3. The lowest BCUT2D eigenvalue weighted by molar-refractivity contribution is -0.136. The summed E-state index contributed by atoms with van der Waals surface area (Å²) in [6.45, 7) is 13.1. The minimum Gasteiger partial charge on any atom is -0.493 e. The highest BCUT2D eigenvalue weighted by atomic mass is 16.6. The SMILES string of the molecule is COc1cccc(C(=O)NCCCN(CCCNC(=O)[C@@H](NC(=O)OC(C)(C)C)[C@@H](C)O)C(=O)[C@@H](NC(=O)OC(C)(C)C)[C@@H](C)O)c1OC. The van der Waals surface area contributed by atoms with Crippen LogP contribution in [-0.4, -0.2) is 121 Å². The quantitative estimate of drug-likeness (QED) is 0.129. The summed E-state index contributed by atoms with van der Waals surface area (Å²) in [6, 6.07) is 2.25. The Hall–Kier alpha value is -4.31. The summed E-state index contributed by atoms with van der Waals surface area (Å²) in [5.74, 6) is -1.03. The third-order valence-corrected chi connectivity index (χ3v) is 6.61. The minimum atomic E-state index is -1.35. The summed E-state index contributed by atoms with van der Waals surface area (Å²) in [4.78, 5) is 65.4. The summed E-state index contributed by atoms with van der Waals surface area (Å²) in [5.41, 5.74) is -1.40. The first kappa shape index (κ1) is 42.7. The molecule has 0 saturated carbocycles. The second kappa shape index (κ2) is 19.6. The third-order valence-electron chi connectivity index (χ3n) is 6.61. The van der Waals surface area contributed by atoms with Crippen LogP contribution >= 0.6 is 0 Å². The molecule has 49 heavy (non-hydrogen) atoms. The van der Waals surface area contributed by atoms with Crippen molar-refractivity contribution in [2.24, 2.45) is 0 Å². The van der Waals surface area contributed by atoms with Crippen molar-refractivity contribution in [3.63, 3.8) is 0 Å². The van der Waals surface area contributed by atoms with Crippen LogP contribution < -0.4 is 30.7 Å². The molecule has 16 heteroatoms. The van der Waals surface area contributed by atoms with Crippen molar-refractivity contribution >= 4 is 29.9 Å². The number of nitrogens with zero attached hydrogens (tertiary/aromatic N) is 1. The number of alkyl carbamates (subject to hydrolysis) is 2. The topological polar surface area (TPSA) is 214 Å². The van der Waals surface area contributed by atoms with E-state index in [9.17, 15) is 34.2 Å². The zero-order valence-electron chi connectivity index (χ0n) is 30.3. The fourth-order valence-electron chi connectivity index (χ4n) is 4.42. The predicted molar refractivity (Wildman–Crippen MR) is 180 cm³/mol. The van der Waals surface area contributed by atoms with Gasteiger partial charge >= 0.3 is 12.2 Å². The summed E-state index contributed by atoms with van der Waals surface area (Å²) < 4.78 is 21.0. The largest absolute Gasteiger partial charge is 0.493 e. The number of amides is 5. The van der Waals surface area contributed by atoms with E-state index >= 15 is 0 Å². The van der Waals surface area contributed by atoms with Gasteiger partial charge in [-0.3, -0.25) is 14.4 Å². The van der Waals surface area contributed by atoms with E-state index in [1.54, 1.807) is 59.7 Å². The van der Waals surface area contributed by atoms with Crippen molar-refractivity contribution in [2.75, 3.05) is 40.4 Å². The van der Waals surface area contributed by atoms with Crippen LogP contribution in [0.5, 0.6) is 11.5 Å². The number of benzene rings is 1. The number of methoxy groups -OCH3 is 2. The van der Waals surface area contributed by atoms with Gasteiger partial charge in [0.05, 0.1) is 32.0 Å². The third kappa shape index (κ3) is 15.6. The number of carbonyl (C=O) groups is 5. The zero-order valence-corrected chi connectivity index (χ0v) is 30.3. The maximum atomic E-state index is 13.6. The van der Waals surface area contributed by atoms with Crippen LogP contribution in [0.4, 0.5) is 9.59 Å². The van der Waals surface area contributed by atoms with Crippen molar-refractivity contribution in [3.8, 4) is 11.5 Å². The van der Waals surface area contributed by atoms with Gasteiger partial charge in [-0.05, 0) is 80.4 Å². The van der Waals surface area contributed by atoms with Crippen molar-refractivity contribution in [1.29, 1.82) is 0 Å². The summed E-state index contributed by atoms with van der Waals surface area (Å²) >= 11 is 0. The first-order valence-electron chi connectivity index (χ1n) is 16.1. The van der Waals surface area contributed by atoms with Crippen molar-refractivity contribution < 1.29 is 53.1 Å². The number of hydrogen-bond donors (Lipinski definition) is 6. The molecule has 0 saturated heterocycles. The Kier molecular flexibility index (Phi) is 17.1. The van der Waals surface area contributed by atoms with Gasteiger partial charge in [-0.1, -0.05) is 6.07 Å². The molecule has 0 unspecified atom stereocenters. The lowest BCUT2D eigenvalue weighted by atomic mass is 10.1. The van der Waals surface area contributed by atoms with E-state index in [2.05, 4.69) is 21.3 Å². The number of carbonyl (C=O) groups excluding carboxylic acids is 5. The van der Waals surface area contributed by atoms with Gasteiger partial charge in [0.15, 0.2) is 11.5 Å². The molecule has 0 aromatic heterocycles. The Bertz CT molecular complexity index is 1260. The van der Waals surface area contributed by atoms with E-state index in [1.165, 1.54) is 33.0 Å². The maximum absolute atomic E-state index is 13.6. The van der Waals surface area contributed by atoms with Crippen LogP contribution in [0.25, 0.3) is 0 Å². The average molecular weight is 698 g/mol. The monoisotopic (exact) mass is 697 g/mol. The molecule has 0 aliphatic heterocycles. The van der Waals surface area contributed by atoms with Crippen LogP contribution in [0, 0.1) is 0 Å². The number of aliphatic hydroxyl groups is 2. The van der Waals surface area contributed by atoms with Gasteiger partial charge in [0.1, 0.15) is 23.3 Å². The lowest BCUT2D eigenvalue weighted by Gasteiger charge is -2.30. The first-order chi connectivity index (χ1) is 22.7. The first-order valence-corrected chi connectivity index (χ1v) is 16.1. The van der Waals surface area contributed by atoms with Gasteiger partial charge in [-0.15, -0.1) is 0 Å². The second-order valence-electron chi connectivity index (χ2n) is 13.3. The molecule has 16 nitrogen and oxygen atoms in total. The molecular formula is C33H55N5O11. The lowest BCUT2D eigenvalue weighted by Crippen LogP contribution is -2.55. The van der Waals surface area contributed by atoms with E-state index in [4.69, 9.17) is 18.9 Å². The zero-order chi connectivity index (χ0) is 37.5. The molecule has 0 aliphatic carbocycles. The molecule has 0 aliphatic rings. The number of nitrogens with one attached hydrogen (secondary N) is 4.